The number of halogens is 1. The van der Waals surface area contributed by atoms with Gasteiger partial charge in [0.05, 0.1) is 5.92 Å². The molecule has 0 aliphatic rings. The van der Waals surface area contributed by atoms with Crippen LogP contribution in [0.15, 0.2) is 97.1 Å². The van der Waals surface area contributed by atoms with Crippen molar-refractivity contribution in [3.63, 3.8) is 0 Å². The van der Waals surface area contributed by atoms with Crippen LogP contribution in [0.3, 0.4) is 0 Å². The Labute approximate surface area is 141 Å². The molecule has 0 unspecified atom stereocenters. The van der Waals surface area contributed by atoms with Crippen LogP contribution in [0, 0.1) is 11.7 Å². The minimum Gasteiger partial charge on any atom is -0.207 e. The highest BCUT2D eigenvalue weighted by Crippen LogP contribution is 2.32. The molecule has 0 bridgehead atoms. The third-order valence-electron chi connectivity index (χ3n) is 4.23. The Balaban J connectivity index is 1.89. The van der Waals surface area contributed by atoms with Crippen molar-refractivity contribution >= 4 is 10.8 Å². The smallest absolute Gasteiger partial charge is 0.123 e. The van der Waals surface area contributed by atoms with E-state index < -0.39 is 0 Å². The third-order valence-corrected chi connectivity index (χ3v) is 4.23. The van der Waals surface area contributed by atoms with Gasteiger partial charge < -0.3 is 0 Å². The van der Waals surface area contributed by atoms with E-state index in [2.05, 4.69) is 42.5 Å². The van der Waals surface area contributed by atoms with Crippen LogP contribution in [-0.2, 0) is 0 Å². The lowest BCUT2D eigenvalue weighted by Crippen LogP contribution is -2.04. The lowest BCUT2D eigenvalue weighted by atomic mass is 9.84. The summed E-state index contributed by atoms with van der Waals surface area (Å²) in [5.74, 6) is 0.894. The fraction of sp³-hybridized carbons (Fsp3) is 0. The molecule has 24 heavy (non-hydrogen) atoms. The summed E-state index contributed by atoms with van der Waals surface area (Å²) in [5.41, 5.74) is 3.27. The molecule has 1 heteroatoms. The van der Waals surface area contributed by atoms with Crippen molar-refractivity contribution in [2.75, 3.05) is 0 Å². The molecule has 0 saturated carbocycles. The van der Waals surface area contributed by atoms with Gasteiger partial charge in [0.15, 0.2) is 0 Å². The first kappa shape index (κ1) is 14.6. The molecule has 0 nitrogen and oxygen atoms in total. The highest BCUT2D eigenvalue weighted by molar-refractivity contribution is 5.84. The van der Waals surface area contributed by atoms with Crippen molar-refractivity contribution in [1.82, 2.24) is 0 Å². The monoisotopic (exact) mass is 311 g/mol. The van der Waals surface area contributed by atoms with E-state index >= 15 is 0 Å². The predicted octanol–water partition coefficient (Wildman–Crippen LogP) is 6.00. The van der Waals surface area contributed by atoms with Crippen molar-refractivity contribution in [2.24, 2.45) is 0 Å². The maximum absolute atomic E-state index is 13.4. The second-order valence-electron chi connectivity index (χ2n) is 5.81. The van der Waals surface area contributed by atoms with Gasteiger partial charge in [-0.2, -0.15) is 0 Å². The van der Waals surface area contributed by atoms with Crippen LogP contribution >= 0.6 is 0 Å². The summed E-state index contributed by atoms with van der Waals surface area (Å²) in [7, 11) is 0. The van der Waals surface area contributed by atoms with Gasteiger partial charge in [0.25, 0.3) is 0 Å². The Morgan fingerprint density at radius 2 is 1.08 bits per heavy atom. The molecule has 0 amide bonds. The summed E-state index contributed by atoms with van der Waals surface area (Å²) in [4.78, 5) is 0. The number of fused-ring (bicyclic) bond motifs is 1. The van der Waals surface area contributed by atoms with Crippen molar-refractivity contribution in [2.45, 2.75) is 0 Å². The molecular weight excluding hydrogens is 295 g/mol. The molecule has 1 radical (unpaired) electrons. The van der Waals surface area contributed by atoms with Crippen LogP contribution in [0.1, 0.15) is 16.7 Å². The third kappa shape index (κ3) is 2.81. The molecular formula is C23H16F. The van der Waals surface area contributed by atoms with Gasteiger partial charge in [0.2, 0.25) is 0 Å². The number of benzene rings is 4. The van der Waals surface area contributed by atoms with Gasteiger partial charge in [0, 0.05) is 0 Å². The largest absolute Gasteiger partial charge is 0.207 e. The minimum atomic E-state index is -0.218. The van der Waals surface area contributed by atoms with E-state index in [-0.39, 0.29) is 5.82 Å². The molecule has 0 fully saturated rings. The molecule has 0 atom stereocenters. The van der Waals surface area contributed by atoms with Gasteiger partial charge in [-0.25, -0.2) is 4.39 Å². The molecule has 4 aromatic rings. The first-order valence-corrected chi connectivity index (χ1v) is 7.99. The average Bonchev–Trinajstić information content (AvgIpc) is 2.64. The fourth-order valence-corrected chi connectivity index (χ4v) is 3.07. The van der Waals surface area contributed by atoms with E-state index in [4.69, 9.17) is 0 Å². The standard InChI is InChI=1S/C23H16F/c24-22-14-12-19(13-15-22)23(18-7-2-1-3-8-18)21-11-10-17-6-4-5-9-20(17)16-21/h1-16H. The second-order valence-corrected chi connectivity index (χ2v) is 5.81. The Morgan fingerprint density at radius 3 is 1.83 bits per heavy atom. The van der Waals surface area contributed by atoms with Gasteiger partial charge >= 0.3 is 0 Å². The Bertz CT molecular complexity index is 956. The maximum atomic E-state index is 13.4. The van der Waals surface area contributed by atoms with Crippen LogP contribution in [0.5, 0.6) is 0 Å². The van der Waals surface area contributed by atoms with E-state index in [0.717, 1.165) is 22.6 Å². The molecule has 4 rings (SSSR count). The van der Waals surface area contributed by atoms with Crippen molar-refractivity contribution in [1.29, 1.82) is 0 Å². The van der Waals surface area contributed by atoms with Gasteiger partial charge in [-0.3, -0.25) is 0 Å². The topological polar surface area (TPSA) is 0 Å². The zero-order valence-electron chi connectivity index (χ0n) is 13.1. The summed E-state index contributed by atoms with van der Waals surface area (Å²) in [6.45, 7) is 0. The van der Waals surface area contributed by atoms with Crippen LogP contribution in [0.4, 0.5) is 4.39 Å². The Morgan fingerprint density at radius 1 is 0.500 bits per heavy atom. The zero-order chi connectivity index (χ0) is 16.4. The van der Waals surface area contributed by atoms with Crippen LogP contribution in [0.2, 0.25) is 0 Å². The summed E-state index contributed by atoms with van der Waals surface area (Å²) in [6, 6.07) is 31.7. The Hall–Kier alpha value is -2.93. The summed E-state index contributed by atoms with van der Waals surface area (Å²) in [6.07, 6.45) is 0. The molecule has 115 valence electrons. The van der Waals surface area contributed by atoms with Gasteiger partial charge in [-0.05, 0) is 45.7 Å². The summed E-state index contributed by atoms with van der Waals surface area (Å²) in [5, 5.41) is 2.42. The molecule has 0 aromatic heterocycles. The molecule has 0 aliphatic heterocycles. The van der Waals surface area contributed by atoms with Gasteiger partial charge in [-0.1, -0.05) is 78.9 Å². The zero-order valence-corrected chi connectivity index (χ0v) is 13.1. The van der Waals surface area contributed by atoms with Crippen molar-refractivity contribution in [3.05, 3.63) is 125 Å². The molecule has 0 N–H and O–H groups in total. The molecule has 0 aliphatic carbocycles. The lowest BCUT2D eigenvalue weighted by molar-refractivity contribution is 0.627. The lowest BCUT2D eigenvalue weighted by Gasteiger charge is -2.18. The second kappa shape index (κ2) is 6.29. The van der Waals surface area contributed by atoms with Crippen molar-refractivity contribution < 1.29 is 4.39 Å². The number of hydrogen-bond acceptors (Lipinski definition) is 0. The highest BCUT2D eigenvalue weighted by atomic mass is 19.1. The molecule has 0 saturated heterocycles. The first-order valence-electron chi connectivity index (χ1n) is 7.99. The van der Waals surface area contributed by atoms with Crippen LogP contribution in [0.25, 0.3) is 10.8 Å². The van der Waals surface area contributed by atoms with E-state index in [0.29, 0.717) is 0 Å². The summed E-state index contributed by atoms with van der Waals surface area (Å²) >= 11 is 0. The maximum Gasteiger partial charge on any atom is 0.123 e. The van der Waals surface area contributed by atoms with E-state index in [1.807, 2.05) is 42.5 Å². The van der Waals surface area contributed by atoms with Gasteiger partial charge in [0.1, 0.15) is 5.82 Å². The fourth-order valence-electron chi connectivity index (χ4n) is 3.07. The predicted molar refractivity (Wildman–Crippen MR) is 97.3 cm³/mol. The van der Waals surface area contributed by atoms with Crippen LogP contribution < -0.4 is 0 Å². The first-order chi connectivity index (χ1) is 11.8. The quantitative estimate of drug-likeness (QED) is 0.407. The van der Waals surface area contributed by atoms with Gasteiger partial charge in [-0.15, -0.1) is 0 Å². The molecule has 0 heterocycles. The van der Waals surface area contributed by atoms with Crippen molar-refractivity contribution in [3.8, 4) is 0 Å². The van der Waals surface area contributed by atoms with Crippen LogP contribution in [-0.4, -0.2) is 0 Å². The number of hydrogen-bond donors (Lipinski definition) is 0. The van der Waals surface area contributed by atoms with E-state index in [1.54, 1.807) is 0 Å². The van der Waals surface area contributed by atoms with E-state index in [9.17, 15) is 4.39 Å². The highest BCUT2D eigenvalue weighted by Gasteiger charge is 2.18. The minimum absolute atomic E-state index is 0.218. The normalized spacial score (nSPS) is 11.1. The molecule has 4 aromatic carbocycles. The van der Waals surface area contributed by atoms with E-state index in [1.165, 1.54) is 22.9 Å². The average molecular weight is 311 g/mol. The molecule has 0 spiro atoms. The SMILES string of the molecule is Fc1ccc([C](c2ccccc2)c2ccc3ccccc3c2)cc1. The number of rotatable bonds is 3. The Kier molecular flexibility index (Phi) is 3.84. The summed E-state index contributed by atoms with van der Waals surface area (Å²) < 4.78 is 13.4.